The van der Waals surface area contributed by atoms with Crippen molar-refractivity contribution in [2.75, 3.05) is 12.3 Å². The molecule has 2 aromatic rings. The molecule has 23 heavy (non-hydrogen) atoms. The Bertz CT molecular complexity index is 759. The van der Waals surface area contributed by atoms with Crippen LogP contribution in [-0.2, 0) is 10.0 Å². The molecule has 0 unspecified atom stereocenters. The van der Waals surface area contributed by atoms with Gasteiger partial charge in [0.2, 0.25) is 10.0 Å². The molecule has 124 valence electrons. The number of benzene rings is 2. The van der Waals surface area contributed by atoms with Crippen LogP contribution < -0.4 is 4.72 Å². The third-order valence-electron chi connectivity index (χ3n) is 3.32. The molecule has 2 rings (SSSR count). The van der Waals surface area contributed by atoms with E-state index in [9.17, 15) is 12.8 Å². The van der Waals surface area contributed by atoms with Crippen molar-refractivity contribution in [3.05, 3.63) is 59.4 Å². The van der Waals surface area contributed by atoms with Crippen LogP contribution >= 0.6 is 11.8 Å². The quantitative estimate of drug-likeness (QED) is 0.606. The van der Waals surface area contributed by atoms with E-state index < -0.39 is 10.0 Å². The zero-order valence-electron chi connectivity index (χ0n) is 13.2. The fraction of sp³-hybridized carbons (Fsp3) is 0.294. The number of halogens is 1. The topological polar surface area (TPSA) is 46.2 Å². The Morgan fingerprint density at radius 2 is 1.78 bits per heavy atom. The smallest absolute Gasteiger partial charge is 0.211 e. The molecule has 0 heterocycles. The summed E-state index contributed by atoms with van der Waals surface area (Å²) in [5.74, 6) is 0.511. The summed E-state index contributed by atoms with van der Waals surface area (Å²) in [7, 11) is -3.47. The van der Waals surface area contributed by atoms with Gasteiger partial charge in [0, 0.05) is 11.4 Å². The lowest BCUT2D eigenvalue weighted by molar-refractivity contribution is 0.580. The zero-order valence-corrected chi connectivity index (χ0v) is 14.8. The lowest BCUT2D eigenvalue weighted by Gasteiger charge is -2.10. The molecule has 6 heteroatoms. The summed E-state index contributed by atoms with van der Waals surface area (Å²) in [6.45, 7) is 4.11. The van der Waals surface area contributed by atoms with Gasteiger partial charge in [-0.15, -0.1) is 11.8 Å². The second kappa shape index (κ2) is 7.95. The lowest BCUT2D eigenvalue weighted by Crippen LogP contribution is -2.25. The molecule has 0 radical (unpaired) electrons. The third kappa shape index (κ3) is 5.34. The van der Waals surface area contributed by atoms with Crippen LogP contribution in [0.15, 0.2) is 52.3 Å². The fourth-order valence-corrected chi connectivity index (χ4v) is 4.33. The van der Waals surface area contributed by atoms with Gasteiger partial charge in [0.15, 0.2) is 0 Å². The highest BCUT2D eigenvalue weighted by Crippen LogP contribution is 2.19. The SMILES string of the molecule is Cc1ccc(S(=O)(=O)NCCCSc2ccc(F)cc2)c(C)c1. The molecule has 1 N–H and O–H groups in total. The number of thioether (sulfide) groups is 1. The van der Waals surface area contributed by atoms with E-state index in [-0.39, 0.29) is 5.82 Å². The molecule has 0 spiro atoms. The average molecular weight is 353 g/mol. The number of aryl methyl sites for hydroxylation is 2. The highest BCUT2D eigenvalue weighted by atomic mass is 32.2. The maximum Gasteiger partial charge on any atom is 0.240 e. The second-order valence-corrected chi connectivity index (χ2v) is 8.23. The van der Waals surface area contributed by atoms with Crippen molar-refractivity contribution in [2.45, 2.75) is 30.1 Å². The molecule has 0 amide bonds. The Balaban J connectivity index is 1.82. The van der Waals surface area contributed by atoms with Crippen LogP contribution in [0.5, 0.6) is 0 Å². The van der Waals surface area contributed by atoms with Gasteiger partial charge in [0.1, 0.15) is 5.82 Å². The van der Waals surface area contributed by atoms with Crippen LogP contribution in [0.4, 0.5) is 4.39 Å². The van der Waals surface area contributed by atoms with Crippen molar-refractivity contribution < 1.29 is 12.8 Å². The highest BCUT2D eigenvalue weighted by Gasteiger charge is 2.15. The van der Waals surface area contributed by atoms with E-state index in [0.29, 0.717) is 17.9 Å². The molecule has 0 atom stereocenters. The van der Waals surface area contributed by atoms with E-state index in [1.807, 2.05) is 13.0 Å². The minimum atomic E-state index is -3.47. The maximum atomic E-state index is 12.8. The normalized spacial score (nSPS) is 11.6. The summed E-state index contributed by atoms with van der Waals surface area (Å²) < 4.78 is 40.0. The van der Waals surface area contributed by atoms with E-state index in [1.165, 1.54) is 12.1 Å². The Morgan fingerprint density at radius 3 is 2.43 bits per heavy atom. The third-order valence-corrected chi connectivity index (χ3v) is 6.04. The number of hydrogen-bond acceptors (Lipinski definition) is 3. The predicted molar refractivity (Wildman–Crippen MR) is 92.8 cm³/mol. The highest BCUT2D eigenvalue weighted by molar-refractivity contribution is 7.99. The van der Waals surface area contributed by atoms with Gasteiger partial charge in [-0.25, -0.2) is 17.5 Å². The van der Waals surface area contributed by atoms with Gasteiger partial charge in [0.25, 0.3) is 0 Å². The summed E-state index contributed by atoms with van der Waals surface area (Å²) in [5.41, 5.74) is 1.79. The van der Waals surface area contributed by atoms with E-state index >= 15 is 0 Å². The van der Waals surface area contributed by atoms with Gasteiger partial charge in [0.05, 0.1) is 4.90 Å². The van der Waals surface area contributed by atoms with Crippen LogP contribution in [0.25, 0.3) is 0 Å². The molecule has 0 aliphatic carbocycles. The minimum absolute atomic E-state index is 0.254. The predicted octanol–water partition coefficient (Wildman–Crippen LogP) is 3.90. The Morgan fingerprint density at radius 1 is 1.09 bits per heavy atom. The zero-order chi connectivity index (χ0) is 16.9. The summed E-state index contributed by atoms with van der Waals surface area (Å²) in [4.78, 5) is 1.30. The van der Waals surface area contributed by atoms with Crippen LogP contribution in [0.3, 0.4) is 0 Å². The van der Waals surface area contributed by atoms with Gasteiger partial charge >= 0.3 is 0 Å². The van der Waals surface area contributed by atoms with Gasteiger partial charge in [-0.1, -0.05) is 17.7 Å². The standard InChI is InChI=1S/C17H20FNO2S2/c1-13-4-9-17(14(2)12-13)23(20,21)19-10-3-11-22-16-7-5-15(18)6-8-16/h4-9,12,19H,3,10-11H2,1-2H3. The van der Waals surface area contributed by atoms with Crippen molar-refractivity contribution in [1.82, 2.24) is 4.72 Å². The Hall–Kier alpha value is -1.37. The van der Waals surface area contributed by atoms with E-state index in [0.717, 1.165) is 21.8 Å². The molecule has 2 aromatic carbocycles. The van der Waals surface area contributed by atoms with Crippen LogP contribution in [-0.4, -0.2) is 20.7 Å². The largest absolute Gasteiger partial charge is 0.240 e. The first-order chi connectivity index (χ1) is 10.9. The second-order valence-electron chi connectivity index (χ2n) is 5.32. The van der Waals surface area contributed by atoms with Crippen molar-refractivity contribution in [3.8, 4) is 0 Å². The Labute approximate surface area is 141 Å². The number of nitrogens with one attached hydrogen (secondary N) is 1. The fourth-order valence-electron chi connectivity index (χ4n) is 2.18. The summed E-state index contributed by atoms with van der Waals surface area (Å²) in [6, 6.07) is 11.6. The first kappa shape index (κ1) is 18.0. The molecule has 0 aliphatic rings. The molecule has 0 fully saturated rings. The molecule has 3 nitrogen and oxygen atoms in total. The number of rotatable bonds is 7. The lowest BCUT2D eigenvalue weighted by atomic mass is 10.2. The first-order valence-corrected chi connectivity index (χ1v) is 9.81. The van der Waals surface area contributed by atoms with Crippen molar-refractivity contribution >= 4 is 21.8 Å². The molecular weight excluding hydrogens is 333 g/mol. The van der Waals surface area contributed by atoms with Crippen LogP contribution in [0.1, 0.15) is 17.5 Å². The van der Waals surface area contributed by atoms with E-state index in [2.05, 4.69) is 4.72 Å². The summed E-state index contributed by atoms with van der Waals surface area (Å²) in [6.07, 6.45) is 0.701. The van der Waals surface area contributed by atoms with Crippen molar-refractivity contribution in [3.63, 3.8) is 0 Å². The van der Waals surface area contributed by atoms with E-state index in [4.69, 9.17) is 0 Å². The number of sulfonamides is 1. The van der Waals surface area contributed by atoms with Crippen molar-refractivity contribution in [1.29, 1.82) is 0 Å². The first-order valence-electron chi connectivity index (χ1n) is 7.34. The van der Waals surface area contributed by atoms with Crippen molar-refractivity contribution in [2.24, 2.45) is 0 Å². The summed E-state index contributed by atoms with van der Waals surface area (Å²) >= 11 is 1.58. The van der Waals surface area contributed by atoms with Gasteiger partial charge in [-0.05, 0) is 61.9 Å². The number of hydrogen-bond donors (Lipinski definition) is 1. The van der Waals surface area contributed by atoms with Gasteiger partial charge in [-0.3, -0.25) is 0 Å². The van der Waals surface area contributed by atoms with Crippen LogP contribution in [0.2, 0.25) is 0 Å². The molecule has 0 aliphatic heterocycles. The van der Waals surface area contributed by atoms with Gasteiger partial charge in [-0.2, -0.15) is 0 Å². The molecule has 0 aromatic heterocycles. The molecule has 0 saturated heterocycles. The minimum Gasteiger partial charge on any atom is -0.211 e. The Kier molecular flexibility index (Phi) is 6.21. The maximum absolute atomic E-state index is 12.8. The molecule has 0 bridgehead atoms. The van der Waals surface area contributed by atoms with E-state index in [1.54, 1.807) is 43.0 Å². The van der Waals surface area contributed by atoms with Gasteiger partial charge < -0.3 is 0 Å². The molecular formula is C17H20FNO2S2. The van der Waals surface area contributed by atoms with Crippen LogP contribution in [0, 0.1) is 19.7 Å². The molecule has 0 saturated carbocycles. The summed E-state index contributed by atoms with van der Waals surface area (Å²) in [5, 5.41) is 0. The average Bonchev–Trinajstić information content (AvgIpc) is 2.48. The monoisotopic (exact) mass is 353 g/mol.